The van der Waals surface area contributed by atoms with Gasteiger partial charge < -0.3 is 14.9 Å². The summed E-state index contributed by atoms with van der Waals surface area (Å²) in [6.07, 6.45) is -3.25. The average molecular weight is 355 g/mol. The maximum absolute atomic E-state index is 12.1. The Morgan fingerprint density at radius 3 is 2.50 bits per heavy atom. The van der Waals surface area contributed by atoms with Crippen LogP contribution in [0.2, 0.25) is 0 Å². The van der Waals surface area contributed by atoms with Gasteiger partial charge in [0.15, 0.2) is 5.03 Å². The first-order chi connectivity index (χ1) is 11.3. The highest BCUT2D eigenvalue weighted by Crippen LogP contribution is 2.35. The van der Waals surface area contributed by atoms with Gasteiger partial charge in [-0.3, -0.25) is 0 Å². The molecule has 10 heteroatoms. The van der Waals surface area contributed by atoms with Crippen LogP contribution in [-0.4, -0.2) is 20.7 Å². The second-order valence-corrected chi connectivity index (χ2v) is 5.61. The van der Waals surface area contributed by atoms with E-state index in [0.717, 1.165) is 23.9 Å². The van der Waals surface area contributed by atoms with Crippen LogP contribution in [0.15, 0.2) is 58.6 Å². The molecule has 1 aromatic carbocycles. The molecular weight excluding hydrogens is 347 g/mol. The summed E-state index contributed by atoms with van der Waals surface area (Å²) in [5, 5.41) is 11.4. The van der Waals surface area contributed by atoms with E-state index >= 15 is 0 Å². The third kappa shape index (κ3) is 3.43. The summed E-state index contributed by atoms with van der Waals surface area (Å²) >= 11 is 0.985. The van der Waals surface area contributed by atoms with E-state index in [1.165, 1.54) is 22.7 Å². The van der Waals surface area contributed by atoms with E-state index in [1.54, 1.807) is 18.2 Å². The number of nitro groups is 1. The molecule has 0 amide bonds. The van der Waals surface area contributed by atoms with Gasteiger partial charge in [0.05, 0.1) is 6.20 Å². The molecule has 2 heterocycles. The number of aromatic nitrogens is 2. The third-order valence-corrected chi connectivity index (χ3v) is 3.89. The molecule has 0 saturated heterocycles. The zero-order chi connectivity index (χ0) is 17.3. The summed E-state index contributed by atoms with van der Waals surface area (Å²) < 4.78 is 41.5. The van der Waals surface area contributed by atoms with Crippen molar-refractivity contribution in [2.45, 2.75) is 16.3 Å². The van der Waals surface area contributed by atoms with Crippen molar-refractivity contribution >= 4 is 23.2 Å². The quantitative estimate of drug-likeness (QED) is 0.516. The molecule has 3 aromatic rings. The molecule has 0 aliphatic heterocycles. The first kappa shape index (κ1) is 16.1. The molecule has 2 aromatic heterocycles. The van der Waals surface area contributed by atoms with Crippen LogP contribution in [0, 0.1) is 10.1 Å². The number of alkyl halides is 3. The number of halogens is 3. The fourth-order valence-electron chi connectivity index (χ4n) is 2.02. The minimum atomic E-state index is -4.77. The number of nitrogens with zero attached hydrogens (tertiary/aromatic N) is 3. The Hall–Kier alpha value is -2.75. The zero-order valence-corrected chi connectivity index (χ0v) is 12.5. The number of rotatable bonds is 4. The SMILES string of the molecule is O=[N+]([O-])c1c(Sc2ccc(OC(F)(F)F)cc2)nc2ccccn12. The molecular formula is C14H8F3N3O3S. The number of pyridine rings is 1. The minimum Gasteiger partial charge on any atom is -0.406 e. The highest BCUT2D eigenvalue weighted by Gasteiger charge is 2.31. The van der Waals surface area contributed by atoms with Crippen molar-refractivity contribution in [3.63, 3.8) is 0 Å². The van der Waals surface area contributed by atoms with Gasteiger partial charge in [-0.15, -0.1) is 13.2 Å². The molecule has 0 spiro atoms. The summed E-state index contributed by atoms with van der Waals surface area (Å²) in [5.74, 6) is -0.567. The van der Waals surface area contributed by atoms with Gasteiger partial charge in [0.2, 0.25) is 5.65 Å². The Morgan fingerprint density at radius 1 is 1.17 bits per heavy atom. The fraction of sp³-hybridized carbons (Fsp3) is 0.0714. The van der Waals surface area contributed by atoms with Crippen molar-refractivity contribution in [2.24, 2.45) is 0 Å². The summed E-state index contributed by atoms with van der Waals surface area (Å²) in [4.78, 5) is 15.4. The first-order valence-electron chi connectivity index (χ1n) is 6.48. The number of hydrogen-bond acceptors (Lipinski definition) is 5. The Kier molecular flexibility index (Phi) is 4.06. The molecule has 0 bridgehead atoms. The van der Waals surface area contributed by atoms with E-state index in [4.69, 9.17) is 0 Å². The largest absolute Gasteiger partial charge is 0.573 e. The second-order valence-electron chi connectivity index (χ2n) is 4.55. The first-order valence-corrected chi connectivity index (χ1v) is 7.30. The van der Waals surface area contributed by atoms with Crippen LogP contribution in [0.5, 0.6) is 5.75 Å². The van der Waals surface area contributed by atoms with E-state index in [2.05, 4.69) is 9.72 Å². The fourth-order valence-corrected chi connectivity index (χ4v) is 2.92. The van der Waals surface area contributed by atoms with Gasteiger partial charge in [-0.25, -0.2) is 0 Å². The summed E-state index contributed by atoms with van der Waals surface area (Å²) in [6.45, 7) is 0. The molecule has 6 nitrogen and oxygen atoms in total. The Bertz CT molecular complexity index is 894. The predicted molar refractivity (Wildman–Crippen MR) is 79.1 cm³/mol. The topological polar surface area (TPSA) is 69.7 Å². The number of benzene rings is 1. The van der Waals surface area contributed by atoms with Crippen LogP contribution < -0.4 is 4.74 Å². The molecule has 0 N–H and O–H groups in total. The number of imidazole rings is 1. The van der Waals surface area contributed by atoms with Crippen molar-refractivity contribution in [1.29, 1.82) is 0 Å². The summed E-state index contributed by atoms with van der Waals surface area (Å²) in [5.41, 5.74) is 0.406. The standard InChI is InChI=1S/C14H8F3N3O3S/c15-14(16,17)23-9-4-6-10(7-5-9)24-12-13(20(21)22)19-8-2-1-3-11(19)18-12/h1-8H. The van der Waals surface area contributed by atoms with Crippen LogP contribution >= 0.6 is 11.8 Å². The molecule has 0 aliphatic rings. The van der Waals surface area contributed by atoms with E-state index in [-0.39, 0.29) is 16.6 Å². The maximum Gasteiger partial charge on any atom is 0.573 e. The van der Waals surface area contributed by atoms with Crippen molar-refractivity contribution in [3.8, 4) is 5.75 Å². The molecule has 0 fully saturated rings. The van der Waals surface area contributed by atoms with E-state index < -0.39 is 11.3 Å². The van der Waals surface area contributed by atoms with Gasteiger partial charge in [0.1, 0.15) is 5.75 Å². The zero-order valence-electron chi connectivity index (χ0n) is 11.7. The Balaban J connectivity index is 1.90. The third-order valence-electron chi connectivity index (χ3n) is 2.92. The maximum atomic E-state index is 12.1. The van der Waals surface area contributed by atoms with Gasteiger partial charge in [0.25, 0.3) is 0 Å². The molecule has 0 atom stereocenters. The Labute approximate surface area is 137 Å². The van der Waals surface area contributed by atoms with E-state index in [9.17, 15) is 23.3 Å². The lowest BCUT2D eigenvalue weighted by molar-refractivity contribution is -0.393. The highest BCUT2D eigenvalue weighted by molar-refractivity contribution is 7.99. The molecule has 0 unspecified atom stereocenters. The minimum absolute atomic E-state index is 0.149. The number of hydrogen-bond donors (Lipinski definition) is 0. The van der Waals surface area contributed by atoms with E-state index in [1.807, 2.05) is 0 Å². The second kappa shape index (κ2) is 6.04. The monoisotopic (exact) mass is 355 g/mol. The van der Waals surface area contributed by atoms with Crippen molar-refractivity contribution in [3.05, 3.63) is 58.8 Å². The molecule has 0 saturated carbocycles. The summed E-state index contributed by atoms with van der Waals surface area (Å²) in [7, 11) is 0. The van der Waals surface area contributed by atoms with Crippen molar-refractivity contribution < 1.29 is 22.8 Å². The van der Waals surface area contributed by atoms with Crippen LogP contribution in [0.25, 0.3) is 5.65 Å². The molecule has 124 valence electrons. The lowest BCUT2D eigenvalue weighted by atomic mass is 10.3. The van der Waals surface area contributed by atoms with Crippen LogP contribution in [0.1, 0.15) is 0 Å². The van der Waals surface area contributed by atoms with Crippen molar-refractivity contribution in [2.75, 3.05) is 0 Å². The van der Waals surface area contributed by atoms with Gasteiger partial charge in [-0.2, -0.15) is 9.38 Å². The number of fused-ring (bicyclic) bond motifs is 1. The average Bonchev–Trinajstić information content (AvgIpc) is 2.85. The van der Waals surface area contributed by atoms with Gasteiger partial charge in [0, 0.05) is 11.0 Å². The highest BCUT2D eigenvalue weighted by atomic mass is 32.2. The van der Waals surface area contributed by atoms with Gasteiger partial charge in [-0.1, -0.05) is 17.8 Å². The smallest absolute Gasteiger partial charge is 0.406 e. The molecule has 24 heavy (non-hydrogen) atoms. The number of ether oxygens (including phenoxy) is 1. The predicted octanol–water partition coefficient (Wildman–Crippen LogP) is 4.29. The summed E-state index contributed by atoms with van der Waals surface area (Å²) in [6, 6.07) is 9.98. The van der Waals surface area contributed by atoms with Crippen LogP contribution in [0.4, 0.5) is 19.0 Å². The van der Waals surface area contributed by atoms with Gasteiger partial charge >= 0.3 is 12.2 Å². The van der Waals surface area contributed by atoms with E-state index in [0.29, 0.717) is 10.5 Å². The molecule has 0 aliphatic carbocycles. The molecule has 0 radical (unpaired) electrons. The Morgan fingerprint density at radius 2 is 1.88 bits per heavy atom. The molecule has 3 rings (SSSR count). The van der Waals surface area contributed by atoms with Crippen LogP contribution in [-0.2, 0) is 0 Å². The lowest BCUT2D eigenvalue weighted by Crippen LogP contribution is -2.16. The van der Waals surface area contributed by atoms with Crippen LogP contribution in [0.3, 0.4) is 0 Å². The van der Waals surface area contributed by atoms with Gasteiger partial charge in [-0.05, 0) is 35.3 Å². The lowest BCUT2D eigenvalue weighted by Gasteiger charge is -2.08. The van der Waals surface area contributed by atoms with Crippen molar-refractivity contribution in [1.82, 2.24) is 9.38 Å². The normalized spacial score (nSPS) is 11.6.